The van der Waals surface area contributed by atoms with E-state index in [9.17, 15) is 22.8 Å². The zero-order valence-corrected chi connectivity index (χ0v) is 25.3. The Kier molecular flexibility index (Phi) is 7.51. The first-order valence-corrected chi connectivity index (χ1v) is 14.8. The second-order valence-electron chi connectivity index (χ2n) is 11.9. The Labute approximate surface area is 257 Å². The number of rotatable bonds is 5. The van der Waals surface area contributed by atoms with E-state index in [1.165, 1.54) is 11.0 Å². The number of carbonyl (C=O) groups is 2. The average molecular weight is 626 g/mol. The number of hydrogen-bond acceptors (Lipinski definition) is 5. The van der Waals surface area contributed by atoms with Crippen LogP contribution in [0.25, 0.3) is 11.4 Å². The van der Waals surface area contributed by atoms with Crippen LogP contribution in [0.3, 0.4) is 0 Å². The summed E-state index contributed by atoms with van der Waals surface area (Å²) in [5.41, 5.74) is 1.19. The zero-order chi connectivity index (χ0) is 31.5. The Morgan fingerprint density at radius 1 is 1.16 bits per heavy atom. The van der Waals surface area contributed by atoms with Crippen LogP contribution in [-0.4, -0.2) is 54.3 Å². The third-order valence-electron chi connectivity index (χ3n) is 8.27. The number of H-pyrrole nitrogens is 1. The topological polar surface area (TPSA) is 100 Å². The highest BCUT2D eigenvalue weighted by Crippen LogP contribution is 2.45. The SMILES string of the molecule is Cc1nc(-c2ccc(N3C(=O)C4C[C@@H](C)N(C(=O)c5ccc(Cl)c(C(F)(F)F)c5)CC4n4ncc(CC(C)C)c43)cc2)n[nH]1. The van der Waals surface area contributed by atoms with Gasteiger partial charge in [-0.2, -0.15) is 23.4 Å². The summed E-state index contributed by atoms with van der Waals surface area (Å²) < 4.78 is 42.5. The largest absolute Gasteiger partial charge is 0.417 e. The Balaban J connectivity index is 1.37. The van der Waals surface area contributed by atoms with Gasteiger partial charge in [-0.15, -0.1) is 0 Å². The van der Waals surface area contributed by atoms with E-state index in [-0.39, 0.29) is 23.9 Å². The summed E-state index contributed by atoms with van der Waals surface area (Å²) in [5.74, 6) is 1.00. The lowest BCUT2D eigenvalue weighted by atomic mass is 9.84. The number of piperidine rings is 1. The highest BCUT2D eigenvalue weighted by molar-refractivity contribution is 6.31. The van der Waals surface area contributed by atoms with Gasteiger partial charge in [0, 0.05) is 29.3 Å². The number of halogens is 4. The number of benzene rings is 2. The van der Waals surface area contributed by atoms with Crippen LogP contribution in [0.5, 0.6) is 0 Å². The van der Waals surface area contributed by atoms with Crippen LogP contribution in [0.4, 0.5) is 24.7 Å². The highest BCUT2D eigenvalue weighted by atomic mass is 35.5. The normalized spacial score (nSPS) is 20.2. The van der Waals surface area contributed by atoms with Gasteiger partial charge in [-0.1, -0.05) is 25.4 Å². The minimum absolute atomic E-state index is 0.112. The molecule has 0 spiro atoms. The van der Waals surface area contributed by atoms with Crippen molar-refractivity contribution in [1.82, 2.24) is 29.9 Å². The Morgan fingerprint density at radius 2 is 1.89 bits per heavy atom. The molecule has 2 aromatic carbocycles. The lowest BCUT2D eigenvalue weighted by Crippen LogP contribution is -2.56. The first-order valence-electron chi connectivity index (χ1n) is 14.4. The van der Waals surface area contributed by atoms with Crippen LogP contribution >= 0.6 is 11.6 Å². The van der Waals surface area contributed by atoms with Crippen LogP contribution in [-0.2, 0) is 17.4 Å². The van der Waals surface area contributed by atoms with Gasteiger partial charge in [0.1, 0.15) is 11.6 Å². The first kappa shape index (κ1) is 29.9. The molecule has 1 N–H and O–H groups in total. The molecule has 3 atom stereocenters. The lowest BCUT2D eigenvalue weighted by molar-refractivity contribution is -0.137. The van der Waals surface area contributed by atoms with E-state index in [4.69, 9.17) is 16.7 Å². The molecule has 230 valence electrons. The molecule has 0 saturated carbocycles. The van der Waals surface area contributed by atoms with E-state index in [2.05, 4.69) is 29.0 Å². The molecule has 6 rings (SSSR count). The molecule has 44 heavy (non-hydrogen) atoms. The van der Waals surface area contributed by atoms with E-state index in [0.717, 1.165) is 23.3 Å². The third kappa shape index (κ3) is 5.25. The smallest absolute Gasteiger partial charge is 0.334 e. The minimum atomic E-state index is -4.70. The van der Waals surface area contributed by atoms with Crippen LogP contribution < -0.4 is 4.90 Å². The first-order chi connectivity index (χ1) is 20.8. The maximum absolute atomic E-state index is 14.3. The molecular weight excluding hydrogens is 595 g/mol. The fourth-order valence-corrected chi connectivity index (χ4v) is 6.44. The second-order valence-corrected chi connectivity index (χ2v) is 12.3. The average Bonchev–Trinajstić information content (AvgIpc) is 3.59. The van der Waals surface area contributed by atoms with Crippen molar-refractivity contribution in [1.29, 1.82) is 0 Å². The number of aromatic nitrogens is 5. The number of fused-ring (bicyclic) bond motifs is 3. The van der Waals surface area contributed by atoms with Gasteiger partial charge in [-0.25, -0.2) is 9.67 Å². The van der Waals surface area contributed by atoms with E-state index >= 15 is 0 Å². The van der Waals surface area contributed by atoms with E-state index in [1.54, 1.807) is 11.1 Å². The van der Waals surface area contributed by atoms with Crippen molar-refractivity contribution in [3.8, 4) is 11.4 Å². The van der Waals surface area contributed by atoms with Gasteiger partial charge in [-0.05, 0) is 75.1 Å². The summed E-state index contributed by atoms with van der Waals surface area (Å²) in [6, 6.07) is 9.74. The highest BCUT2D eigenvalue weighted by Gasteiger charge is 2.48. The molecule has 2 aromatic heterocycles. The number of anilines is 2. The summed E-state index contributed by atoms with van der Waals surface area (Å²) in [5, 5.41) is 11.3. The van der Waals surface area contributed by atoms with E-state index in [0.29, 0.717) is 36.0 Å². The molecule has 1 fully saturated rings. The summed E-state index contributed by atoms with van der Waals surface area (Å²) in [6.07, 6.45) is -1.94. The number of hydrogen-bond donors (Lipinski definition) is 1. The predicted octanol–water partition coefficient (Wildman–Crippen LogP) is 6.62. The van der Waals surface area contributed by atoms with Gasteiger partial charge in [0.15, 0.2) is 5.82 Å². The molecule has 2 aliphatic heterocycles. The van der Waals surface area contributed by atoms with Gasteiger partial charge in [0.05, 0.1) is 34.4 Å². The maximum atomic E-state index is 14.3. The van der Waals surface area contributed by atoms with Crippen molar-refractivity contribution in [3.63, 3.8) is 0 Å². The molecule has 4 aromatic rings. The number of aryl methyl sites for hydroxylation is 1. The van der Waals surface area contributed by atoms with Gasteiger partial charge >= 0.3 is 6.18 Å². The molecule has 0 aliphatic carbocycles. The van der Waals surface area contributed by atoms with Crippen LogP contribution in [0.15, 0.2) is 48.7 Å². The Bertz CT molecular complexity index is 1730. The van der Waals surface area contributed by atoms with Crippen LogP contribution in [0.2, 0.25) is 5.02 Å². The van der Waals surface area contributed by atoms with E-state index < -0.39 is 40.7 Å². The van der Waals surface area contributed by atoms with Crippen molar-refractivity contribution in [2.24, 2.45) is 11.8 Å². The molecule has 1 saturated heterocycles. The van der Waals surface area contributed by atoms with E-state index in [1.807, 2.05) is 42.8 Å². The molecule has 9 nitrogen and oxygen atoms in total. The fraction of sp³-hybridized carbons (Fsp3) is 0.387. The van der Waals surface area contributed by atoms with Gasteiger partial charge in [0.25, 0.3) is 5.91 Å². The number of nitrogens with one attached hydrogen (secondary N) is 1. The fourth-order valence-electron chi connectivity index (χ4n) is 6.21. The summed E-state index contributed by atoms with van der Waals surface area (Å²) in [7, 11) is 0. The third-order valence-corrected chi connectivity index (χ3v) is 8.60. The molecular formula is C31H31ClF3N7O2. The van der Waals surface area contributed by atoms with Crippen LogP contribution in [0.1, 0.15) is 60.5 Å². The number of nitrogens with zero attached hydrogens (tertiary/aromatic N) is 6. The number of carbonyl (C=O) groups excluding carboxylic acids is 2. The molecule has 2 aliphatic rings. The predicted molar refractivity (Wildman–Crippen MR) is 159 cm³/mol. The molecule has 2 amide bonds. The minimum Gasteiger partial charge on any atom is -0.334 e. The van der Waals surface area contributed by atoms with Crippen molar-refractivity contribution in [2.75, 3.05) is 11.4 Å². The molecule has 2 unspecified atom stereocenters. The summed E-state index contributed by atoms with van der Waals surface area (Å²) in [6.45, 7) is 7.91. The van der Waals surface area contributed by atoms with Crippen molar-refractivity contribution in [3.05, 3.63) is 76.2 Å². The number of amides is 2. The van der Waals surface area contributed by atoms with Crippen molar-refractivity contribution in [2.45, 2.75) is 58.8 Å². The monoisotopic (exact) mass is 625 g/mol. The number of likely N-dealkylation sites (tertiary alicyclic amines) is 1. The van der Waals surface area contributed by atoms with Gasteiger partial charge < -0.3 is 4.90 Å². The maximum Gasteiger partial charge on any atom is 0.417 e. The standard InChI is InChI=1S/C31H31ClF3N7O2/c1-16(2)11-21-14-36-42-26-15-40(29(43)20-7-10-25(32)24(13-20)31(33,34)35)17(3)12-23(26)30(44)41(28(21)42)22-8-5-19(6-9-22)27-37-18(4)38-39-27/h5-10,13-14,16-17,23,26H,11-12,15H2,1-4H3,(H,37,38,39)/t17-,23?,26?/m1/s1. The number of alkyl halides is 3. The van der Waals surface area contributed by atoms with Gasteiger partial charge in [0.2, 0.25) is 5.91 Å². The molecule has 0 bridgehead atoms. The Morgan fingerprint density at radius 3 is 2.52 bits per heavy atom. The molecule has 13 heteroatoms. The lowest BCUT2D eigenvalue weighted by Gasteiger charge is -2.47. The van der Waals surface area contributed by atoms with Crippen LogP contribution in [0, 0.1) is 18.8 Å². The molecule has 0 radical (unpaired) electrons. The van der Waals surface area contributed by atoms with Crippen molar-refractivity contribution >= 4 is 34.9 Å². The number of aromatic amines is 1. The summed E-state index contributed by atoms with van der Waals surface area (Å²) >= 11 is 5.80. The second kappa shape index (κ2) is 11.1. The Hall–Kier alpha value is -4.19. The summed E-state index contributed by atoms with van der Waals surface area (Å²) in [4.78, 5) is 35.6. The van der Waals surface area contributed by atoms with Gasteiger partial charge in [-0.3, -0.25) is 19.6 Å². The quantitative estimate of drug-likeness (QED) is 0.269. The van der Waals surface area contributed by atoms with Crippen molar-refractivity contribution < 1.29 is 22.8 Å². The molecule has 4 heterocycles. The zero-order valence-electron chi connectivity index (χ0n) is 24.6.